The number of para-hydroxylation sites is 1. The van der Waals surface area contributed by atoms with Gasteiger partial charge in [-0.1, -0.05) is 30.3 Å². The van der Waals surface area contributed by atoms with Crippen LogP contribution in [-0.2, 0) is 22.4 Å². The van der Waals surface area contributed by atoms with E-state index >= 15 is 0 Å². The van der Waals surface area contributed by atoms with E-state index in [1.165, 1.54) is 5.56 Å². The van der Waals surface area contributed by atoms with Crippen molar-refractivity contribution in [2.75, 3.05) is 23.7 Å². The van der Waals surface area contributed by atoms with Crippen LogP contribution in [0.5, 0.6) is 0 Å². The molecule has 2 aromatic carbocycles. The van der Waals surface area contributed by atoms with Crippen molar-refractivity contribution >= 4 is 35.6 Å². The summed E-state index contributed by atoms with van der Waals surface area (Å²) in [6.45, 7) is 0.997. The average Bonchev–Trinajstić information content (AvgIpc) is 2.62. The molecule has 0 radical (unpaired) electrons. The number of carbonyl (C=O) groups excluding carboxylic acids is 2. The topological polar surface area (TPSA) is 75.4 Å². The minimum atomic E-state index is -0.0358. The fourth-order valence-corrected chi connectivity index (χ4v) is 3.07. The highest BCUT2D eigenvalue weighted by Crippen LogP contribution is 2.27. The minimum Gasteiger partial charge on any atom is -0.399 e. The van der Waals surface area contributed by atoms with Crippen molar-refractivity contribution in [2.45, 2.75) is 25.7 Å². The number of halogens is 1. The van der Waals surface area contributed by atoms with Gasteiger partial charge in [0.05, 0.1) is 0 Å². The summed E-state index contributed by atoms with van der Waals surface area (Å²) in [5.74, 6) is 0.0553. The number of fused-ring (bicyclic) bond motifs is 1. The van der Waals surface area contributed by atoms with Crippen molar-refractivity contribution in [1.82, 2.24) is 5.32 Å². The summed E-state index contributed by atoms with van der Waals surface area (Å²) in [5.41, 5.74) is 9.64. The smallest absolute Gasteiger partial charge is 0.227 e. The number of anilines is 2. The van der Waals surface area contributed by atoms with E-state index in [1.54, 1.807) is 4.90 Å². The summed E-state index contributed by atoms with van der Waals surface area (Å²) in [4.78, 5) is 26.0. The van der Waals surface area contributed by atoms with Crippen LogP contribution in [0.15, 0.2) is 48.5 Å². The van der Waals surface area contributed by atoms with E-state index in [4.69, 9.17) is 5.73 Å². The van der Waals surface area contributed by atoms with Crippen LogP contribution in [0.1, 0.15) is 24.0 Å². The molecule has 0 unspecified atom stereocenters. The van der Waals surface area contributed by atoms with Gasteiger partial charge in [0.1, 0.15) is 0 Å². The molecule has 1 heterocycles. The number of nitrogens with one attached hydrogen (secondary N) is 1. The molecule has 138 valence electrons. The summed E-state index contributed by atoms with van der Waals surface area (Å²) in [6, 6.07) is 15.5. The quantitative estimate of drug-likeness (QED) is 0.764. The van der Waals surface area contributed by atoms with Crippen LogP contribution in [-0.4, -0.2) is 24.9 Å². The predicted molar refractivity (Wildman–Crippen MR) is 107 cm³/mol. The molecular weight excluding hydrogens is 350 g/mol. The Balaban J connectivity index is 0.00000243. The van der Waals surface area contributed by atoms with E-state index in [2.05, 4.69) is 5.32 Å². The van der Waals surface area contributed by atoms with Gasteiger partial charge in [0.25, 0.3) is 0 Å². The molecule has 26 heavy (non-hydrogen) atoms. The highest BCUT2D eigenvalue weighted by atomic mass is 35.5. The van der Waals surface area contributed by atoms with Crippen LogP contribution < -0.4 is 16.0 Å². The molecule has 5 nitrogen and oxygen atoms in total. The molecular formula is C20H24ClN3O2. The first kappa shape index (κ1) is 19.8. The standard InChI is InChI=1S/C20H23N3O2.ClH/c21-17-8-5-15(6-9-17)11-13-22-19(24)12-14-23-18-4-2-1-3-16(18)7-10-20(23)25;/h1-6,8-9H,7,10-14,21H2,(H,22,24);1H. The van der Waals surface area contributed by atoms with Crippen LogP contribution >= 0.6 is 12.4 Å². The minimum absolute atomic E-state index is 0. The fourth-order valence-electron chi connectivity index (χ4n) is 3.07. The van der Waals surface area contributed by atoms with E-state index in [0.29, 0.717) is 25.9 Å². The zero-order valence-electron chi connectivity index (χ0n) is 14.6. The fraction of sp³-hybridized carbons (Fsp3) is 0.300. The van der Waals surface area contributed by atoms with Crippen molar-refractivity contribution in [3.63, 3.8) is 0 Å². The Bertz CT molecular complexity index is 762. The van der Waals surface area contributed by atoms with Crippen LogP contribution in [0.25, 0.3) is 0 Å². The molecule has 2 aromatic rings. The lowest BCUT2D eigenvalue weighted by atomic mass is 10.0. The molecule has 3 N–H and O–H groups in total. The van der Waals surface area contributed by atoms with Crippen molar-refractivity contribution < 1.29 is 9.59 Å². The predicted octanol–water partition coefficient (Wildman–Crippen LogP) is 2.72. The highest BCUT2D eigenvalue weighted by Gasteiger charge is 2.23. The summed E-state index contributed by atoms with van der Waals surface area (Å²) in [7, 11) is 0. The van der Waals surface area contributed by atoms with Crippen LogP contribution in [0, 0.1) is 0 Å². The lowest BCUT2D eigenvalue weighted by molar-refractivity contribution is -0.121. The average molecular weight is 374 g/mol. The Morgan fingerprint density at radius 3 is 2.58 bits per heavy atom. The molecule has 1 aliphatic rings. The zero-order valence-corrected chi connectivity index (χ0v) is 15.4. The second-order valence-corrected chi connectivity index (χ2v) is 6.27. The highest BCUT2D eigenvalue weighted by molar-refractivity contribution is 5.97. The first-order chi connectivity index (χ1) is 12.1. The lowest BCUT2D eigenvalue weighted by Gasteiger charge is -2.29. The number of nitrogens with two attached hydrogens (primary N) is 1. The van der Waals surface area contributed by atoms with Gasteiger partial charge in [-0.3, -0.25) is 9.59 Å². The molecule has 0 spiro atoms. The molecule has 0 aliphatic carbocycles. The van der Waals surface area contributed by atoms with E-state index in [1.807, 2.05) is 48.5 Å². The number of aryl methyl sites for hydroxylation is 1. The maximum absolute atomic E-state index is 12.2. The molecule has 0 saturated carbocycles. The zero-order chi connectivity index (χ0) is 17.6. The number of nitrogen functional groups attached to an aromatic ring is 1. The van der Waals surface area contributed by atoms with E-state index < -0.39 is 0 Å². The van der Waals surface area contributed by atoms with Gasteiger partial charge in [0.15, 0.2) is 0 Å². The summed E-state index contributed by atoms with van der Waals surface area (Å²) in [5, 5.41) is 2.92. The molecule has 2 amide bonds. The number of nitrogens with zero attached hydrogens (tertiary/aromatic N) is 1. The van der Waals surface area contributed by atoms with Gasteiger partial charge in [-0.05, 0) is 42.2 Å². The third kappa shape index (κ3) is 4.99. The molecule has 0 atom stereocenters. The van der Waals surface area contributed by atoms with E-state index in [9.17, 15) is 9.59 Å². The number of benzene rings is 2. The second kappa shape index (κ2) is 9.25. The molecule has 0 fully saturated rings. The normalized spacial score (nSPS) is 12.9. The van der Waals surface area contributed by atoms with Crippen molar-refractivity contribution in [1.29, 1.82) is 0 Å². The molecule has 0 aromatic heterocycles. The largest absolute Gasteiger partial charge is 0.399 e. The SMILES string of the molecule is Cl.Nc1ccc(CCNC(=O)CCN2C(=O)CCc3ccccc32)cc1. The van der Waals surface area contributed by atoms with Gasteiger partial charge in [-0.15, -0.1) is 12.4 Å². The number of hydrogen-bond acceptors (Lipinski definition) is 3. The molecule has 0 bridgehead atoms. The van der Waals surface area contributed by atoms with Crippen LogP contribution in [0.2, 0.25) is 0 Å². The second-order valence-electron chi connectivity index (χ2n) is 6.27. The maximum Gasteiger partial charge on any atom is 0.227 e. The van der Waals surface area contributed by atoms with Gasteiger partial charge >= 0.3 is 0 Å². The van der Waals surface area contributed by atoms with E-state index in [-0.39, 0.29) is 24.2 Å². The van der Waals surface area contributed by atoms with Crippen molar-refractivity contribution in [3.8, 4) is 0 Å². The Labute approximate surface area is 160 Å². The third-order valence-corrected chi connectivity index (χ3v) is 4.47. The maximum atomic E-state index is 12.2. The van der Waals surface area contributed by atoms with Gasteiger partial charge in [0.2, 0.25) is 11.8 Å². The Kier molecular flexibility index (Phi) is 7.04. The number of amides is 2. The Morgan fingerprint density at radius 2 is 1.81 bits per heavy atom. The number of rotatable bonds is 6. The third-order valence-electron chi connectivity index (χ3n) is 4.47. The van der Waals surface area contributed by atoms with Gasteiger partial charge < -0.3 is 16.0 Å². The monoisotopic (exact) mass is 373 g/mol. The molecule has 0 saturated heterocycles. The van der Waals surface area contributed by atoms with Crippen LogP contribution in [0.3, 0.4) is 0 Å². The first-order valence-corrected chi connectivity index (χ1v) is 8.63. The van der Waals surface area contributed by atoms with Gasteiger partial charge in [-0.2, -0.15) is 0 Å². The summed E-state index contributed by atoms with van der Waals surface area (Å²) in [6.07, 6.45) is 2.36. The van der Waals surface area contributed by atoms with Gasteiger partial charge in [0, 0.05) is 37.3 Å². The molecule has 3 rings (SSSR count). The Hall–Kier alpha value is -2.53. The lowest BCUT2D eigenvalue weighted by Crippen LogP contribution is -2.38. The van der Waals surface area contributed by atoms with Gasteiger partial charge in [-0.25, -0.2) is 0 Å². The Morgan fingerprint density at radius 1 is 1.08 bits per heavy atom. The van der Waals surface area contributed by atoms with Crippen molar-refractivity contribution in [3.05, 3.63) is 59.7 Å². The molecule has 6 heteroatoms. The number of carbonyl (C=O) groups is 2. The first-order valence-electron chi connectivity index (χ1n) is 8.63. The van der Waals surface area contributed by atoms with Crippen LogP contribution in [0.4, 0.5) is 11.4 Å². The number of hydrogen-bond donors (Lipinski definition) is 2. The van der Waals surface area contributed by atoms with E-state index in [0.717, 1.165) is 29.8 Å². The molecule has 1 aliphatic heterocycles. The van der Waals surface area contributed by atoms with Crippen molar-refractivity contribution in [2.24, 2.45) is 0 Å². The summed E-state index contributed by atoms with van der Waals surface area (Å²) < 4.78 is 0. The summed E-state index contributed by atoms with van der Waals surface area (Å²) >= 11 is 0.